The topological polar surface area (TPSA) is 103 Å². The van der Waals surface area contributed by atoms with Gasteiger partial charge in [0.05, 0.1) is 26.2 Å². The van der Waals surface area contributed by atoms with Crippen molar-refractivity contribution in [3.05, 3.63) is 83.9 Å². The van der Waals surface area contributed by atoms with Crippen molar-refractivity contribution in [3.8, 4) is 17.2 Å². The molecule has 0 saturated heterocycles. The van der Waals surface area contributed by atoms with E-state index in [0.29, 0.717) is 41.5 Å². The van der Waals surface area contributed by atoms with Crippen LogP contribution in [0.1, 0.15) is 11.1 Å². The van der Waals surface area contributed by atoms with Crippen molar-refractivity contribution in [2.24, 2.45) is 0 Å². The number of amides is 1. The van der Waals surface area contributed by atoms with E-state index in [1.165, 1.54) is 18.2 Å². The second kappa shape index (κ2) is 11.9. The largest absolute Gasteiger partial charge is 0.497 e. The Hall–Kier alpha value is -3.98. The predicted octanol–water partition coefficient (Wildman–Crippen LogP) is 3.89. The van der Waals surface area contributed by atoms with Gasteiger partial charge in [-0.05, 0) is 72.2 Å². The fourth-order valence-corrected chi connectivity index (χ4v) is 4.29. The van der Waals surface area contributed by atoms with Crippen molar-refractivity contribution in [2.45, 2.75) is 11.3 Å². The lowest BCUT2D eigenvalue weighted by Crippen LogP contribution is -2.23. The van der Waals surface area contributed by atoms with Crippen molar-refractivity contribution in [1.29, 1.82) is 0 Å². The molecule has 0 heterocycles. The molecule has 3 aromatic carbocycles. The summed E-state index contributed by atoms with van der Waals surface area (Å²) in [5.41, 5.74) is 2.13. The van der Waals surface area contributed by atoms with Crippen LogP contribution in [0.2, 0.25) is 0 Å². The quantitative estimate of drug-likeness (QED) is 0.391. The molecule has 3 rings (SSSR count). The lowest BCUT2D eigenvalue weighted by atomic mass is 10.1. The number of carbonyl (C=O) groups excluding carboxylic acids is 1. The highest BCUT2D eigenvalue weighted by molar-refractivity contribution is 7.92. The van der Waals surface area contributed by atoms with Gasteiger partial charge in [0.25, 0.3) is 10.0 Å². The number of anilines is 1. The zero-order chi connectivity index (χ0) is 25.3. The highest BCUT2D eigenvalue weighted by atomic mass is 32.2. The molecule has 0 atom stereocenters. The molecule has 0 radical (unpaired) electrons. The summed E-state index contributed by atoms with van der Waals surface area (Å²) in [6, 6.07) is 18.4. The van der Waals surface area contributed by atoms with Crippen LogP contribution >= 0.6 is 0 Å². The number of methoxy groups -OCH3 is 3. The summed E-state index contributed by atoms with van der Waals surface area (Å²) < 4.78 is 43.3. The minimum absolute atomic E-state index is 0.116. The highest BCUT2D eigenvalue weighted by Crippen LogP contribution is 2.27. The molecule has 0 aliphatic heterocycles. The average molecular weight is 497 g/mol. The van der Waals surface area contributed by atoms with Crippen LogP contribution in [0.15, 0.2) is 77.7 Å². The van der Waals surface area contributed by atoms with Gasteiger partial charge < -0.3 is 19.5 Å². The van der Waals surface area contributed by atoms with Crippen LogP contribution in [0.4, 0.5) is 5.69 Å². The van der Waals surface area contributed by atoms with E-state index in [4.69, 9.17) is 14.2 Å². The molecule has 3 aromatic rings. The standard InChI is InChI=1S/C26H28N2O6S/c1-32-22-10-8-21(9-11-22)28-35(30,31)23-12-4-19(5-13-23)7-15-26(29)27-17-16-20-6-14-24(33-2)25(18-20)34-3/h4-15,18,28H,16-17H2,1-3H3,(H,27,29). The third-order valence-electron chi connectivity index (χ3n) is 5.12. The Balaban J connectivity index is 1.52. The molecule has 2 N–H and O–H groups in total. The van der Waals surface area contributed by atoms with E-state index >= 15 is 0 Å². The second-order valence-corrected chi connectivity index (χ2v) is 9.15. The summed E-state index contributed by atoms with van der Waals surface area (Å²) in [5, 5.41) is 2.83. The number of rotatable bonds is 11. The Kier molecular flexibility index (Phi) is 8.74. The number of hydrogen-bond donors (Lipinski definition) is 2. The Morgan fingerprint density at radius 2 is 1.54 bits per heavy atom. The minimum Gasteiger partial charge on any atom is -0.497 e. The van der Waals surface area contributed by atoms with Gasteiger partial charge in [-0.3, -0.25) is 9.52 Å². The fourth-order valence-electron chi connectivity index (χ4n) is 3.23. The van der Waals surface area contributed by atoms with Gasteiger partial charge >= 0.3 is 0 Å². The summed E-state index contributed by atoms with van der Waals surface area (Å²) in [6.07, 6.45) is 3.67. The van der Waals surface area contributed by atoms with Gasteiger partial charge in [0.2, 0.25) is 5.91 Å². The average Bonchev–Trinajstić information content (AvgIpc) is 2.87. The maximum atomic E-state index is 12.6. The first-order chi connectivity index (χ1) is 16.8. The summed E-state index contributed by atoms with van der Waals surface area (Å²) in [6.45, 7) is 0.451. The van der Waals surface area contributed by atoms with Gasteiger partial charge in [0.1, 0.15) is 5.75 Å². The maximum absolute atomic E-state index is 12.6. The van der Waals surface area contributed by atoms with Crippen molar-refractivity contribution in [3.63, 3.8) is 0 Å². The molecule has 0 fully saturated rings. The Morgan fingerprint density at radius 3 is 2.17 bits per heavy atom. The van der Waals surface area contributed by atoms with E-state index in [1.807, 2.05) is 18.2 Å². The smallest absolute Gasteiger partial charge is 0.261 e. The third-order valence-corrected chi connectivity index (χ3v) is 6.52. The van der Waals surface area contributed by atoms with Gasteiger partial charge in [-0.15, -0.1) is 0 Å². The third kappa shape index (κ3) is 7.25. The van der Waals surface area contributed by atoms with Crippen LogP contribution in [0, 0.1) is 0 Å². The Bertz CT molecular complexity index is 1270. The molecule has 0 bridgehead atoms. The maximum Gasteiger partial charge on any atom is 0.261 e. The molecular formula is C26H28N2O6S. The van der Waals surface area contributed by atoms with E-state index in [2.05, 4.69) is 10.0 Å². The van der Waals surface area contributed by atoms with Crippen LogP contribution in [0.5, 0.6) is 17.2 Å². The first kappa shape index (κ1) is 25.6. The van der Waals surface area contributed by atoms with Crippen molar-refractivity contribution < 1.29 is 27.4 Å². The van der Waals surface area contributed by atoms with Crippen molar-refractivity contribution >= 4 is 27.7 Å². The summed E-state index contributed by atoms with van der Waals surface area (Å²) in [7, 11) is 0.957. The van der Waals surface area contributed by atoms with Crippen LogP contribution in [-0.4, -0.2) is 42.2 Å². The molecule has 0 unspecified atom stereocenters. The summed E-state index contributed by atoms with van der Waals surface area (Å²) >= 11 is 0. The minimum atomic E-state index is -3.74. The zero-order valence-corrected chi connectivity index (χ0v) is 20.6. The number of benzene rings is 3. The number of ether oxygens (including phenoxy) is 3. The van der Waals surface area contributed by atoms with E-state index in [9.17, 15) is 13.2 Å². The lowest BCUT2D eigenvalue weighted by molar-refractivity contribution is -0.116. The van der Waals surface area contributed by atoms with Crippen LogP contribution in [0.25, 0.3) is 6.08 Å². The number of nitrogens with one attached hydrogen (secondary N) is 2. The van der Waals surface area contributed by atoms with Gasteiger partial charge in [-0.1, -0.05) is 18.2 Å². The summed E-state index contributed by atoms with van der Waals surface area (Å²) in [5.74, 6) is 1.68. The zero-order valence-electron chi connectivity index (χ0n) is 19.8. The van der Waals surface area contributed by atoms with Gasteiger partial charge in [0, 0.05) is 18.3 Å². The molecule has 0 aliphatic rings. The molecule has 9 heteroatoms. The van der Waals surface area contributed by atoms with E-state index in [0.717, 1.165) is 5.56 Å². The predicted molar refractivity (Wildman–Crippen MR) is 136 cm³/mol. The lowest BCUT2D eigenvalue weighted by Gasteiger charge is -2.09. The molecule has 0 aromatic heterocycles. The molecule has 35 heavy (non-hydrogen) atoms. The van der Waals surface area contributed by atoms with Crippen molar-refractivity contribution in [2.75, 3.05) is 32.6 Å². The Labute approximate surface area is 205 Å². The second-order valence-electron chi connectivity index (χ2n) is 7.47. The monoisotopic (exact) mass is 496 g/mol. The van der Waals surface area contributed by atoms with E-state index in [-0.39, 0.29) is 10.8 Å². The van der Waals surface area contributed by atoms with Crippen LogP contribution < -0.4 is 24.2 Å². The SMILES string of the molecule is COc1ccc(NS(=O)(=O)c2ccc(C=CC(=O)NCCc3ccc(OC)c(OC)c3)cc2)cc1. The first-order valence-electron chi connectivity index (χ1n) is 10.8. The van der Waals surface area contributed by atoms with Gasteiger partial charge in [0.15, 0.2) is 11.5 Å². The van der Waals surface area contributed by atoms with Gasteiger partial charge in [-0.2, -0.15) is 0 Å². The number of carbonyl (C=O) groups is 1. The number of hydrogen-bond acceptors (Lipinski definition) is 6. The molecule has 8 nitrogen and oxygen atoms in total. The Morgan fingerprint density at radius 1 is 0.857 bits per heavy atom. The molecule has 1 amide bonds. The highest BCUT2D eigenvalue weighted by Gasteiger charge is 2.14. The molecular weight excluding hydrogens is 468 g/mol. The molecule has 0 spiro atoms. The number of sulfonamides is 1. The van der Waals surface area contributed by atoms with E-state index < -0.39 is 10.0 Å². The normalized spacial score (nSPS) is 11.2. The van der Waals surface area contributed by atoms with Crippen LogP contribution in [-0.2, 0) is 21.2 Å². The molecule has 184 valence electrons. The van der Waals surface area contributed by atoms with Crippen molar-refractivity contribution in [1.82, 2.24) is 5.32 Å². The van der Waals surface area contributed by atoms with E-state index in [1.54, 1.807) is 63.8 Å². The molecule has 0 aliphatic carbocycles. The summed E-state index contributed by atoms with van der Waals surface area (Å²) in [4.78, 5) is 12.3. The fraction of sp³-hybridized carbons (Fsp3) is 0.192. The van der Waals surface area contributed by atoms with Gasteiger partial charge in [-0.25, -0.2) is 8.42 Å². The molecule has 0 saturated carbocycles. The first-order valence-corrected chi connectivity index (χ1v) is 12.3. The van der Waals surface area contributed by atoms with Crippen LogP contribution in [0.3, 0.4) is 0 Å².